The Labute approximate surface area is 207 Å². The lowest BCUT2D eigenvalue weighted by Gasteiger charge is -2.39. The summed E-state index contributed by atoms with van der Waals surface area (Å²) in [4.78, 5) is 14.0. The number of nitrogens with two attached hydrogens (primary N) is 2. The summed E-state index contributed by atoms with van der Waals surface area (Å²) < 4.78 is 11.0. The van der Waals surface area contributed by atoms with E-state index in [2.05, 4.69) is 50.5 Å². The van der Waals surface area contributed by atoms with Gasteiger partial charge in [-0.2, -0.15) is 9.97 Å². The monoisotopic (exact) mass is 482 g/mol. The summed E-state index contributed by atoms with van der Waals surface area (Å²) in [7, 11) is 0. The van der Waals surface area contributed by atoms with Gasteiger partial charge in [0.1, 0.15) is 5.69 Å². The predicted octanol–water partition coefficient (Wildman–Crippen LogP) is 2.58. The third-order valence-corrected chi connectivity index (χ3v) is 7.41. The molecule has 35 heavy (non-hydrogen) atoms. The third-order valence-electron chi connectivity index (χ3n) is 7.41. The van der Waals surface area contributed by atoms with E-state index in [-0.39, 0.29) is 5.82 Å². The second kappa shape index (κ2) is 10.8. The number of aromatic nitrogens is 2. The van der Waals surface area contributed by atoms with E-state index in [0.717, 1.165) is 89.5 Å². The van der Waals surface area contributed by atoms with Crippen molar-refractivity contribution in [3.63, 3.8) is 0 Å². The molecule has 3 heterocycles. The lowest BCUT2D eigenvalue weighted by atomic mass is 9.90. The fourth-order valence-electron chi connectivity index (χ4n) is 5.30. The maximum absolute atomic E-state index is 6.26. The van der Waals surface area contributed by atoms with Crippen LogP contribution < -0.4 is 27.0 Å². The lowest BCUT2D eigenvalue weighted by Crippen LogP contribution is -2.46. The molecule has 6 N–H and O–H groups in total. The molecule has 5 rings (SSSR count). The fraction of sp³-hybridized carbons (Fsp3) is 0.600. The standard InChI is InChI=1S/C25H38N8O2/c1-17-16-20(33-10-14-35-15-11-33)6-7-21(17)29-25-30-23(27)22(26)24(31-25)28-18-2-4-19(5-3-18)32-8-12-34-13-9-32/h6-7,16,18-19H,2-5,8-15,26H2,1H3,(H4,27,28,29,30,31). The number of hydrogen-bond acceptors (Lipinski definition) is 10. The Bertz CT molecular complexity index is 999. The normalized spacial score (nSPS) is 23.7. The van der Waals surface area contributed by atoms with E-state index in [1.54, 1.807) is 0 Å². The van der Waals surface area contributed by atoms with Crippen LogP contribution in [0.25, 0.3) is 0 Å². The quantitative estimate of drug-likeness (QED) is 0.488. The van der Waals surface area contributed by atoms with Gasteiger partial charge >= 0.3 is 0 Å². The first kappa shape index (κ1) is 23.9. The molecule has 0 radical (unpaired) electrons. The lowest BCUT2D eigenvalue weighted by molar-refractivity contribution is 0.00791. The Kier molecular flexibility index (Phi) is 7.40. The van der Waals surface area contributed by atoms with Crippen molar-refractivity contribution >= 4 is 34.6 Å². The van der Waals surface area contributed by atoms with Gasteiger partial charge in [-0.25, -0.2) is 0 Å². The molecule has 0 bridgehead atoms. The maximum Gasteiger partial charge on any atom is 0.231 e. The second-order valence-electron chi connectivity index (χ2n) is 9.72. The van der Waals surface area contributed by atoms with Crippen molar-refractivity contribution in [2.45, 2.75) is 44.7 Å². The van der Waals surface area contributed by atoms with Gasteiger partial charge in [0.25, 0.3) is 0 Å². The van der Waals surface area contributed by atoms with E-state index in [9.17, 15) is 0 Å². The van der Waals surface area contributed by atoms with Gasteiger partial charge in [0.2, 0.25) is 5.95 Å². The van der Waals surface area contributed by atoms with Crippen molar-refractivity contribution in [2.75, 3.05) is 79.6 Å². The Morgan fingerprint density at radius 2 is 1.60 bits per heavy atom. The van der Waals surface area contributed by atoms with Crippen LogP contribution in [0.2, 0.25) is 0 Å². The van der Waals surface area contributed by atoms with Crippen LogP contribution in [-0.2, 0) is 9.47 Å². The Hall–Kier alpha value is -2.82. The van der Waals surface area contributed by atoms with Crippen LogP contribution in [0.4, 0.5) is 34.6 Å². The molecule has 3 fully saturated rings. The molecule has 2 aromatic rings. The van der Waals surface area contributed by atoms with Crippen LogP contribution in [0.1, 0.15) is 31.2 Å². The largest absolute Gasteiger partial charge is 0.393 e. The first-order chi connectivity index (χ1) is 17.1. The highest BCUT2D eigenvalue weighted by Crippen LogP contribution is 2.31. The SMILES string of the molecule is Cc1cc(N2CCOCC2)ccc1Nc1nc(N)c(N)c(NC2CCC(N3CCOCC3)CC2)n1. The maximum atomic E-state index is 6.26. The number of nitrogens with zero attached hydrogens (tertiary/aromatic N) is 4. The molecule has 2 aliphatic heterocycles. The Balaban J connectivity index is 1.23. The number of ether oxygens (including phenoxy) is 2. The van der Waals surface area contributed by atoms with Crippen LogP contribution in [0.15, 0.2) is 18.2 Å². The molecule has 0 spiro atoms. The van der Waals surface area contributed by atoms with Crippen LogP contribution in [-0.4, -0.2) is 79.6 Å². The van der Waals surface area contributed by atoms with Gasteiger partial charge in [-0.1, -0.05) is 0 Å². The van der Waals surface area contributed by atoms with Crippen LogP contribution in [0, 0.1) is 6.92 Å². The minimum atomic E-state index is 0.287. The third kappa shape index (κ3) is 5.71. The van der Waals surface area contributed by atoms with E-state index in [4.69, 9.17) is 25.9 Å². The summed E-state index contributed by atoms with van der Waals surface area (Å²) in [6, 6.07) is 7.33. The van der Waals surface area contributed by atoms with Gasteiger partial charge in [-0.15, -0.1) is 0 Å². The zero-order valence-electron chi connectivity index (χ0n) is 20.6. The molecule has 1 aromatic heterocycles. The molecule has 1 aromatic carbocycles. The van der Waals surface area contributed by atoms with Crippen molar-refractivity contribution in [1.29, 1.82) is 0 Å². The average Bonchev–Trinajstić information content (AvgIpc) is 2.89. The molecule has 10 heteroatoms. The number of hydrogen-bond donors (Lipinski definition) is 4. The average molecular weight is 483 g/mol. The summed E-state index contributed by atoms with van der Waals surface area (Å²) in [6.45, 7) is 9.21. The van der Waals surface area contributed by atoms with E-state index < -0.39 is 0 Å². The molecule has 10 nitrogen and oxygen atoms in total. The molecule has 2 saturated heterocycles. The van der Waals surface area contributed by atoms with Gasteiger partial charge in [0.05, 0.1) is 26.4 Å². The highest BCUT2D eigenvalue weighted by molar-refractivity contribution is 5.76. The highest BCUT2D eigenvalue weighted by Gasteiger charge is 2.27. The van der Waals surface area contributed by atoms with Crippen molar-refractivity contribution in [2.24, 2.45) is 0 Å². The first-order valence-electron chi connectivity index (χ1n) is 12.8. The molecule has 1 saturated carbocycles. The van der Waals surface area contributed by atoms with Gasteiger partial charge < -0.3 is 36.5 Å². The molecule has 3 aliphatic rings. The number of nitrogens with one attached hydrogen (secondary N) is 2. The van der Waals surface area contributed by atoms with Crippen LogP contribution in [0.3, 0.4) is 0 Å². The first-order valence-corrected chi connectivity index (χ1v) is 12.8. The smallest absolute Gasteiger partial charge is 0.231 e. The summed E-state index contributed by atoms with van der Waals surface area (Å²) in [6.07, 6.45) is 4.49. The van der Waals surface area contributed by atoms with E-state index in [1.165, 1.54) is 5.69 Å². The predicted molar refractivity (Wildman–Crippen MR) is 140 cm³/mol. The number of aryl methyl sites for hydroxylation is 1. The zero-order chi connectivity index (χ0) is 24.2. The summed E-state index contributed by atoms with van der Waals surface area (Å²) >= 11 is 0. The number of benzene rings is 1. The molecule has 1 aliphatic carbocycles. The number of morpholine rings is 2. The number of anilines is 6. The van der Waals surface area contributed by atoms with Gasteiger partial charge in [-0.3, -0.25) is 4.90 Å². The number of nitrogen functional groups attached to an aromatic ring is 2. The Morgan fingerprint density at radius 1 is 0.914 bits per heavy atom. The van der Waals surface area contributed by atoms with Gasteiger partial charge in [-0.05, 0) is 56.4 Å². The van der Waals surface area contributed by atoms with E-state index >= 15 is 0 Å². The second-order valence-corrected chi connectivity index (χ2v) is 9.72. The van der Waals surface area contributed by atoms with Crippen molar-refractivity contribution in [1.82, 2.24) is 14.9 Å². The number of rotatable bonds is 6. The molecule has 0 atom stereocenters. The minimum absolute atomic E-state index is 0.287. The Morgan fingerprint density at radius 3 is 2.29 bits per heavy atom. The molecular weight excluding hydrogens is 444 g/mol. The topological polar surface area (TPSA) is 127 Å². The van der Waals surface area contributed by atoms with Gasteiger partial charge in [0, 0.05) is 49.6 Å². The van der Waals surface area contributed by atoms with Crippen molar-refractivity contribution in [3.05, 3.63) is 23.8 Å². The van der Waals surface area contributed by atoms with Crippen molar-refractivity contribution in [3.8, 4) is 0 Å². The highest BCUT2D eigenvalue weighted by atomic mass is 16.5. The summed E-state index contributed by atoms with van der Waals surface area (Å²) in [5.74, 6) is 1.34. The summed E-state index contributed by atoms with van der Waals surface area (Å²) in [5.41, 5.74) is 16.1. The van der Waals surface area contributed by atoms with Crippen LogP contribution in [0.5, 0.6) is 0 Å². The molecule has 0 unspecified atom stereocenters. The molecule has 190 valence electrons. The van der Waals surface area contributed by atoms with Crippen molar-refractivity contribution < 1.29 is 9.47 Å². The minimum Gasteiger partial charge on any atom is -0.393 e. The summed E-state index contributed by atoms with van der Waals surface area (Å²) in [5, 5.41) is 6.89. The van der Waals surface area contributed by atoms with E-state index in [0.29, 0.717) is 29.5 Å². The molecular formula is C25H38N8O2. The molecule has 0 amide bonds. The zero-order valence-corrected chi connectivity index (χ0v) is 20.6. The van der Waals surface area contributed by atoms with E-state index in [1.807, 2.05) is 0 Å². The van der Waals surface area contributed by atoms with Crippen LogP contribution >= 0.6 is 0 Å². The van der Waals surface area contributed by atoms with Gasteiger partial charge in [0.15, 0.2) is 11.6 Å². The fourth-order valence-corrected chi connectivity index (χ4v) is 5.30.